The van der Waals surface area contributed by atoms with Crippen LogP contribution in [0.1, 0.15) is 194 Å². The van der Waals surface area contributed by atoms with Gasteiger partial charge in [0.1, 0.15) is 31.0 Å². The Bertz CT molecular complexity index is 881. The lowest BCUT2D eigenvalue weighted by atomic mass is 9.99. The number of unbranched alkanes of at least 4 members (excludes halogenated alkanes) is 23. The molecule has 1 unspecified atom stereocenters. The molecule has 312 valence electrons. The number of esters is 2. The van der Waals surface area contributed by atoms with Gasteiger partial charge in [-0.1, -0.05) is 154 Å². The van der Waals surface area contributed by atoms with Gasteiger partial charge in [0.2, 0.25) is 0 Å². The van der Waals surface area contributed by atoms with Gasteiger partial charge in [-0.25, -0.2) is 0 Å². The number of aliphatic hydroxyl groups is 4. The van der Waals surface area contributed by atoms with Gasteiger partial charge < -0.3 is 39.4 Å². The van der Waals surface area contributed by atoms with E-state index in [-0.39, 0.29) is 32.0 Å². The number of hydrogen-bond acceptors (Lipinski definition) is 10. The van der Waals surface area contributed by atoms with Crippen molar-refractivity contribution in [2.45, 2.75) is 230 Å². The van der Waals surface area contributed by atoms with Crippen LogP contribution in [0, 0.1) is 0 Å². The normalized spacial score (nSPS) is 20.9. The molecule has 1 aliphatic heterocycles. The molecule has 53 heavy (non-hydrogen) atoms. The Morgan fingerprint density at radius 3 is 1.47 bits per heavy atom. The zero-order valence-corrected chi connectivity index (χ0v) is 33.8. The van der Waals surface area contributed by atoms with Gasteiger partial charge in [-0.15, -0.1) is 0 Å². The fraction of sp³-hybridized carbons (Fsp3) is 0.907. The smallest absolute Gasteiger partial charge is 0.306 e. The maximum atomic E-state index is 12.7. The first-order valence-corrected chi connectivity index (χ1v) is 21.8. The molecule has 0 bridgehead atoms. The van der Waals surface area contributed by atoms with Crippen LogP contribution in [0.3, 0.4) is 0 Å². The number of allylic oxidation sites excluding steroid dienone is 2. The second-order valence-corrected chi connectivity index (χ2v) is 15.2. The lowest BCUT2D eigenvalue weighted by Crippen LogP contribution is -2.59. The largest absolute Gasteiger partial charge is 0.462 e. The van der Waals surface area contributed by atoms with E-state index in [0.717, 1.165) is 57.8 Å². The lowest BCUT2D eigenvalue weighted by molar-refractivity contribution is -0.305. The standard InChI is InChI=1S/C43H80O10/c1-3-5-7-9-11-13-15-17-18-20-21-23-25-27-29-31-38(45)50-34-36(35-51-43-42(49)41(48)40(47)37(33-44)53-43)52-39(46)32-30-28-26-24-22-19-16-14-12-10-8-6-4-2/h17-18,36-37,40-44,47-49H,3-16,19-35H2,1-2H3/b18-17-/t36?,37-,40+,41+,42-,43+/m1/s1. The van der Waals surface area contributed by atoms with Crippen molar-refractivity contribution in [1.29, 1.82) is 0 Å². The average Bonchev–Trinajstić information content (AvgIpc) is 3.15. The Morgan fingerprint density at radius 2 is 1.00 bits per heavy atom. The number of ether oxygens (including phenoxy) is 4. The van der Waals surface area contributed by atoms with E-state index in [4.69, 9.17) is 18.9 Å². The maximum absolute atomic E-state index is 12.7. The molecule has 1 aliphatic rings. The van der Waals surface area contributed by atoms with Crippen LogP contribution in [-0.4, -0.2) is 89.0 Å². The number of aliphatic hydroxyl groups excluding tert-OH is 4. The van der Waals surface area contributed by atoms with E-state index in [0.29, 0.717) is 6.42 Å². The first-order valence-electron chi connectivity index (χ1n) is 21.8. The van der Waals surface area contributed by atoms with Gasteiger partial charge in [-0.05, 0) is 38.5 Å². The molecule has 0 radical (unpaired) electrons. The molecule has 6 atom stereocenters. The van der Waals surface area contributed by atoms with E-state index < -0.39 is 49.4 Å². The molecule has 0 aromatic rings. The monoisotopic (exact) mass is 757 g/mol. The molecule has 0 aliphatic carbocycles. The Labute approximate surface area is 322 Å². The summed E-state index contributed by atoms with van der Waals surface area (Å²) in [5.41, 5.74) is 0. The predicted octanol–water partition coefficient (Wildman–Crippen LogP) is 8.78. The maximum Gasteiger partial charge on any atom is 0.306 e. The summed E-state index contributed by atoms with van der Waals surface area (Å²) in [6.07, 6.45) is 27.9. The molecular formula is C43H80O10. The molecule has 1 rings (SSSR count). The summed E-state index contributed by atoms with van der Waals surface area (Å²) >= 11 is 0. The van der Waals surface area contributed by atoms with Gasteiger partial charge in [0.25, 0.3) is 0 Å². The number of rotatable bonds is 36. The van der Waals surface area contributed by atoms with Crippen molar-refractivity contribution < 1.29 is 49.0 Å². The number of carbonyl (C=O) groups excluding carboxylic acids is 2. The fourth-order valence-electron chi connectivity index (χ4n) is 6.65. The fourth-order valence-corrected chi connectivity index (χ4v) is 6.65. The molecule has 1 saturated heterocycles. The van der Waals surface area contributed by atoms with Crippen molar-refractivity contribution in [3.8, 4) is 0 Å². The third kappa shape index (κ3) is 26.8. The Morgan fingerprint density at radius 1 is 0.566 bits per heavy atom. The molecule has 1 heterocycles. The van der Waals surface area contributed by atoms with Crippen LogP contribution in [0.15, 0.2) is 12.2 Å². The summed E-state index contributed by atoms with van der Waals surface area (Å²) in [6.45, 7) is 3.41. The van der Waals surface area contributed by atoms with Crippen LogP contribution in [0.4, 0.5) is 0 Å². The topological polar surface area (TPSA) is 152 Å². The molecule has 0 amide bonds. The van der Waals surface area contributed by atoms with E-state index in [9.17, 15) is 30.0 Å². The lowest BCUT2D eigenvalue weighted by Gasteiger charge is -2.39. The van der Waals surface area contributed by atoms with Gasteiger partial charge in [0, 0.05) is 12.8 Å². The Kier molecular flexibility index (Phi) is 32.6. The van der Waals surface area contributed by atoms with Crippen molar-refractivity contribution in [3.05, 3.63) is 12.2 Å². The first kappa shape index (κ1) is 49.5. The van der Waals surface area contributed by atoms with Crippen molar-refractivity contribution in [2.24, 2.45) is 0 Å². The third-order valence-corrected chi connectivity index (χ3v) is 10.2. The van der Waals surface area contributed by atoms with E-state index in [2.05, 4.69) is 26.0 Å². The number of hydrogen-bond donors (Lipinski definition) is 4. The molecule has 0 aromatic carbocycles. The summed E-state index contributed by atoms with van der Waals surface area (Å²) in [4.78, 5) is 25.3. The van der Waals surface area contributed by atoms with Gasteiger partial charge in [0.05, 0.1) is 13.2 Å². The minimum absolute atomic E-state index is 0.217. The molecule has 10 nitrogen and oxygen atoms in total. The van der Waals surface area contributed by atoms with Crippen molar-refractivity contribution >= 4 is 11.9 Å². The molecule has 0 aromatic heterocycles. The van der Waals surface area contributed by atoms with E-state index in [1.54, 1.807) is 0 Å². The average molecular weight is 757 g/mol. The number of carbonyl (C=O) groups is 2. The van der Waals surface area contributed by atoms with Crippen LogP contribution in [0.25, 0.3) is 0 Å². The van der Waals surface area contributed by atoms with E-state index in [1.807, 2.05) is 0 Å². The van der Waals surface area contributed by atoms with Crippen LogP contribution >= 0.6 is 0 Å². The SMILES string of the molecule is CCCCCCCC/C=C\CCCCCCCC(=O)OCC(CO[C@H]1O[C@H](CO)[C@H](O)[C@H](O)[C@H]1O)OC(=O)CCCCCCCCCCCCCCC. The highest BCUT2D eigenvalue weighted by molar-refractivity contribution is 5.70. The van der Waals surface area contributed by atoms with Crippen LogP contribution in [0.2, 0.25) is 0 Å². The Hall–Kier alpha value is -1.56. The molecular weight excluding hydrogens is 676 g/mol. The quantitative estimate of drug-likeness (QED) is 0.0277. The van der Waals surface area contributed by atoms with Crippen molar-refractivity contribution in [1.82, 2.24) is 0 Å². The first-order chi connectivity index (χ1) is 25.8. The van der Waals surface area contributed by atoms with Crippen LogP contribution in [-0.2, 0) is 28.5 Å². The summed E-state index contributed by atoms with van der Waals surface area (Å²) in [5.74, 6) is -0.809. The summed E-state index contributed by atoms with van der Waals surface area (Å²) in [6, 6.07) is 0. The highest BCUT2D eigenvalue weighted by Gasteiger charge is 2.44. The molecule has 1 fully saturated rings. The van der Waals surface area contributed by atoms with Gasteiger partial charge in [0.15, 0.2) is 12.4 Å². The highest BCUT2D eigenvalue weighted by atomic mass is 16.7. The summed E-state index contributed by atoms with van der Waals surface area (Å²) < 4.78 is 22.1. The van der Waals surface area contributed by atoms with Crippen LogP contribution in [0.5, 0.6) is 0 Å². The molecule has 0 saturated carbocycles. The Balaban J connectivity index is 2.34. The van der Waals surface area contributed by atoms with E-state index in [1.165, 1.54) is 103 Å². The minimum Gasteiger partial charge on any atom is -0.462 e. The summed E-state index contributed by atoms with van der Waals surface area (Å²) in [7, 11) is 0. The van der Waals surface area contributed by atoms with Gasteiger partial charge >= 0.3 is 11.9 Å². The second-order valence-electron chi connectivity index (χ2n) is 15.2. The third-order valence-electron chi connectivity index (χ3n) is 10.2. The second kappa shape index (κ2) is 34.9. The summed E-state index contributed by atoms with van der Waals surface area (Å²) in [5, 5.41) is 40.0. The minimum atomic E-state index is -1.59. The van der Waals surface area contributed by atoms with Gasteiger partial charge in [-0.2, -0.15) is 0 Å². The predicted molar refractivity (Wildman–Crippen MR) is 210 cm³/mol. The highest BCUT2D eigenvalue weighted by Crippen LogP contribution is 2.23. The molecule has 4 N–H and O–H groups in total. The van der Waals surface area contributed by atoms with Crippen LogP contribution < -0.4 is 0 Å². The zero-order valence-electron chi connectivity index (χ0n) is 33.8. The van der Waals surface area contributed by atoms with Crippen molar-refractivity contribution in [2.75, 3.05) is 19.8 Å². The van der Waals surface area contributed by atoms with E-state index >= 15 is 0 Å². The molecule has 10 heteroatoms. The van der Waals surface area contributed by atoms with Crippen molar-refractivity contribution in [3.63, 3.8) is 0 Å². The van der Waals surface area contributed by atoms with Gasteiger partial charge in [-0.3, -0.25) is 9.59 Å². The zero-order chi connectivity index (χ0) is 38.8. The molecule has 0 spiro atoms.